The minimum Gasteiger partial charge on any atom is -0.457 e. The van der Waals surface area contributed by atoms with Crippen molar-refractivity contribution in [3.05, 3.63) is 81.8 Å². The molecule has 0 unspecified atom stereocenters. The van der Waals surface area contributed by atoms with Crippen LogP contribution in [-0.4, -0.2) is 5.78 Å². The SMILES string of the molecule is Cc1cc2c(cc1C)C(=O)/C(=C/c1ccc(-c3ccc(Cl)cc3)o1)O2. The molecule has 4 rings (SSSR count). The van der Waals surface area contributed by atoms with Crippen LogP contribution in [0.25, 0.3) is 17.4 Å². The highest BCUT2D eigenvalue weighted by atomic mass is 35.5. The number of halogens is 1. The van der Waals surface area contributed by atoms with Crippen molar-refractivity contribution < 1.29 is 13.9 Å². The van der Waals surface area contributed by atoms with Crippen molar-refractivity contribution >= 4 is 23.5 Å². The summed E-state index contributed by atoms with van der Waals surface area (Å²) in [6, 6.07) is 14.8. The molecule has 0 saturated heterocycles. The zero-order chi connectivity index (χ0) is 17.6. The number of hydrogen-bond acceptors (Lipinski definition) is 3. The van der Waals surface area contributed by atoms with Crippen LogP contribution in [0.1, 0.15) is 27.2 Å². The molecule has 0 fully saturated rings. The van der Waals surface area contributed by atoms with E-state index in [0.29, 0.717) is 27.9 Å². The molecule has 1 aromatic heterocycles. The van der Waals surface area contributed by atoms with Crippen molar-refractivity contribution in [1.82, 2.24) is 0 Å². The molecule has 0 radical (unpaired) electrons. The number of aryl methyl sites for hydroxylation is 2. The molecule has 0 atom stereocenters. The van der Waals surface area contributed by atoms with E-state index in [-0.39, 0.29) is 11.5 Å². The molecule has 2 aromatic carbocycles. The van der Waals surface area contributed by atoms with Gasteiger partial charge in [0.1, 0.15) is 17.3 Å². The number of benzene rings is 2. The minimum atomic E-state index is -0.123. The van der Waals surface area contributed by atoms with Gasteiger partial charge in [0.2, 0.25) is 5.78 Å². The Bertz CT molecular complexity index is 1010. The minimum absolute atomic E-state index is 0.123. The summed E-state index contributed by atoms with van der Waals surface area (Å²) in [7, 11) is 0. The van der Waals surface area contributed by atoms with Gasteiger partial charge in [-0.25, -0.2) is 0 Å². The molecule has 4 heteroatoms. The van der Waals surface area contributed by atoms with Crippen molar-refractivity contribution in [2.45, 2.75) is 13.8 Å². The van der Waals surface area contributed by atoms with Crippen molar-refractivity contribution in [2.24, 2.45) is 0 Å². The summed E-state index contributed by atoms with van der Waals surface area (Å²) >= 11 is 5.91. The van der Waals surface area contributed by atoms with Crippen LogP contribution in [-0.2, 0) is 0 Å². The molecule has 0 amide bonds. The molecule has 1 aliphatic rings. The smallest absolute Gasteiger partial charge is 0.232 e. The first kappa shape index (κ1) is 15.7. The first-order valence-electron chi connectivity index (χ1n) is 7.92. The summed E-state index contributed by atoms with van der Waals surface area (Å²) in [4.78, 5) is 12.5. The number of Topliss-reactive ketones (excluding diaryl/α,β-unsaturated/α-hetero) is 1. The van der Waals surface area contributed by atoms with Crippen LogP contribution in [0.4, 0.5) is 0 Å². The number of fused-ring (bicyclic) bond motifs is 1. The monoisotopic (exact) mass is 350 g/mol. The molecule has 3 nitrogen and oxygen atoms in total. The van der Waals surface area contributed by atoms with Gasteiger partial charge < -0.3 is 9.15 Å². The molecule has 1 aliphatic heterocycles. The van der Waals surface area contributed by atoms with Crippen LogP contribution in [0.5, 0.6) is 5.75 Å². The Balaban J connectivity index is 1.64. The van der Waals surface area contributed by atoms with Crippen molar-refractivity contribution in [2.75, 3.05) is 0 Å². The number of allylic oxidation sites excluding steroid dienone is 1. The normalized spacial score (nSPS) is 14.7. The third-order valence-electron chi connectivity index (χ3n) is 4.31. The predicted octanol–water partition coefficient (Wildman–Crippen LogP) is 5.83. The van der Waals surface area contributed by atoms with Gasteiger partial charge >= 0.3 is 0 Å². The standard InChI is InChI=1S/C21H15ClO3/c1-12-9-17-19(10-13(12)2)25-20(21(17)23)11-16-7-8-18(24-16)14-3-5-15(22)6-4-14/h3-11H,1-2H3/b20-11-. The Morgan fingerprint density at radius 3 is 2.44 bits per heavy atom. The maximum atomic E-state index is 12.5. The summed E-state index contributed by atoms with van der Waals surface area (Å²) in [6.07, 6.45) is 1.63. The molecule has 25 heavy (non-hydrogen) atoms. The number of ether oxygens (including phenoxy) is 1. The predicted molar refractivity (Wildman–Crippen MR) is 98.0 cm³/mol. The summed E-state index contributed by atoms with van der Waals surface area (Å²) < 4.78 is 11.5. The summed E-state index contributed by atoms with van der Waals surface area (Å²) in [5.41, 5.74) is 3.68. The average molecular weight is 351 g/mol. The largest absolute Gasteiger partial charge is 0.457 e. The Morgan fingerprint density at radius 2 is 1.68 bits per heavy atom. The Hall–Kier alpha value is -2.78. The lowest BCUT2D eigenvalue weighted by Gasteiger charge is -2.02. The van der Waals surface area contributed by atoms with Gasteiger partial charge in [-0.15, -0.1) is 0 Å². The number of carbonyl (C=O) groups excluding carboxylic acids is 1. The Kier molecular flexibility index (Phi) is 3.74. The van der Waals surface area contributed by atoms with Gasteiger partial charge in [-0.1, -0.05) is 11.6 Å². The first-order valence-corrected chi connectivity index (χ1v) is 8.30. The van der Waals surface area contributed by atoms with E-state index in [1.54, 1.807) is 6.08 Å². The lowest BCUT2D eigenvalue weighted by molar-refractivity contribution is 0.101. The third kappa shape index (κ3) is 2.87. The fraction of sp³-hybridized carbons (Fsp3) is 0.0952. The zero-order valence-corrected chi connectivity index (χ0v) is 14.6. The van der Waals surface area contributed by atoms with Crippen LogP contribution in [0.2, 0.25) is 5.02 Å². The average Bonchev–Trinajstić information content (AvgIpc) is 3.16. The molecule has 0 aliphatic carbocycles. The van der Waals surface area contributed by atoms with E-state index >= 15 is 0 Å². The van der Waals surface area contributed by atoms with Gasteiger partial charge in [0.05, 0.1) is 5.56 Å². The lowest BCUT2D eigenvalue weighted by Crippen LogP contribution is -1.97. The van der Waals surface area contributed by atoms with E-state index in [9.17, 15) is 4.79 Å². The molecule has 0 saturated carbocycles. The van der Waals surface area contributed by atoms with Crippen LogP contribution in [0, 0.1) is 13.8 Å². The number of furan rings is 1. The number of rotatable bonds is 2. The van der Waals surface area contributed by atoms with E-state index in [4.69, 9.17) is 20.8 Å². The highest BCUT2D eigenvalue weighted by Crippen LogP contribution is 2.34. The molecule has 0 N–H and O–H groups in total. The highest BCUT2D eigenvalue weighted by molar-refractivity contribution is 6.30. The highest BCUT2D eigenvalue weighted by Gasteiger charge is 2.28. The fourth-order valence-electron chi connectivity index (χ4n) is 2.77. The maximum absolute atomic E-state index is 12.5. The van der Waals surface area contributed by atoms with Crippen LogP contribution >= 0.6 is 11.6 Å². The molecular formula is C21H15ClO3. The van der Waals surface area contributed by atoms with E-state index in [0.717, 1.165) is 16.7 Å². The number of hydrogen-bond donors (Lipinski definition) is 0. The van der Waals surface area contributed by atoms with Gasteiger partial charge in [-0.3, -0.25) is 4.79 Å². The summed E-state index contributed by atoms with van der Waals surface area (Å²) in [6.45, 7) is 3.98. The van der Waals surface area contributed by atoms with Gasteiger partial charge in [-0.05, 0) is 73.5 Å². The third-order valence-corrected chi connectivity index (χ3v) is 4.57. The quantitative estimate of drug-likeness (QED) is 0.545. The van der Waals surface area contributed by atoms with Crippen LogP contribution in [0.15, 0.2) is 58.7 Å². The molecule has 0 bridgehead atoms. The second-order valence-corrected chi connectivity index (χ2v) is 6.52. The van der Waals surface area contributed by atoms with Gasteiger partial charge in [0.15, 0.2) is 5.76 Å². The lowest BCUT2D eigenvalue weighted by atomic mass is 10.0. The maximum Gasteiger partial charge on any atom is 0.232 e. The zero-order valence-electron chi connectivity index (χ0n) is 13.8. The van der Waals surface area contributed by atoms with E-state index in [1.807, 2.05) is 62.4 Å². The molecule has 3 aromatic rings. The summed E-state index contributed by atoms with van der Waals surface area (Å²) in [5.74, 6) is 2.02. The fourth-order valence-corrected chi connectivity index (χ4v) is 2.90. The molecule has 0 spiro atoms. The van der Waals surface area contributed by atoms with Crippen LogP contribution < -0.4 is 4.74 Å². The van der Waals surface area contributed by atoms with Gasteiger partial charge in [0, 0.05) is 16.7 Å². The van der Waals surface area contributed by atoms with Crippen molar-refractivity contribution in [3.63, 3.8) is 0 Å². The number of ketones is 1. The van der Waals surface area contributed by atoms with Gasteiger partial charge in [-0.2, -0.15) is 0 Å². The van der Waals surface area contributed by atoms with Crippen molar-refractivity contribution in [3.8, 4) is 17.1 Å². The summed E-state index contributed by atoms with van der Waals surface area (Å²) in [5, 5.41) is 0.672. The van der Waals surface area contributed by atoms with E-state index in [1.165, 1.54) is 0 Å². The van der Waals surface area contributed by atoms with Crippen molar-refractivity contribution in [1.29, 1.82) is 0 Å². The first-order chi connectivity index (χ1) is 12.0. The van der Waals surface area contributed by atoms with E-state index < -0.39 is 0 Å². The second-order valence-electron chi connectivity index (χ2n) is 6.08. The molecule has 124 valence electrons. The molecule has 2 heterocycles. The number of carbonyl (C=O) groups is 1. The second kappa shape index (κ2) is 5.94. The molecular weight excluding hydrogens is 336 g/mol. The van der Waals surface area contributed by atoms with Gasteiger partial charge in [0.25, 0.3) is 0 Å². The Labute approximate surface area is 150 Å². The van der Waals surface area contributed by atoms with Crippen LogP contribution in [0.3, 0.4) is 0 Å². The topological polar surface area (TPSA) is 39.4 Å². The Morgan fingerprint density at radius 1 is 0.960 bits per heavy atom. The van der Waals surface area contributed by atoms with E-state index in [2.05, 4.69) is 0 Å².